The van der Waals surface area contributed by atoms with Crippen molar-refractivity contribution in [1.29, 1.82) is 0 Å². The highest BCUT2D eigenvalue weighted by Gasteiger charge is 2.49. The van der Waals surface area contributed by atoms with Crippen molar-refractivity contribution in [1.82, 2.24) is 5.32 Å². The Morgan fingerprint density at radius 3 is 2.37 bits per heavy atom. The SMILES string of the molecule is CC1(c2ccccc2)CC(c2ccc3c(c2)-c2cc(cc4c2oc2ccccc24)C2(C4=C(CCC=C4)c4ccccc42)c2ccccc2N3)=CN1. The molecule has 2 aliphatic heterocycles. The summed E-state index contributed by atoms with van der Waals surface area (Å²) in [5, 5.41) is 10.0. The van der Waals surface area contributed by atoms with E-state index < -0.39 is 5.41 Å². The molecule has 0 saturated carbocycles. The second kappa shape index (κ2) is 10.5. The molecule has 2 unspecified atom stereocenters. The van der Waals surface area contributed by atoms with Crippen LogP contribution in [-0.2, 0) is 11.0 Å². The first kappa shape index (κ1) is 28.7. The summed E-state index contributed by atoms with van der Waals surface area (Å²) in [7, 11) is 0. The van der Waals surface area contributed by atoms with E-state index in [4.69, 9.17) is 4.42 Å². The van der Waals surface area contributed by atoms with Gasteiger partial charge in [0.15, 0.2) is 0 Å². The Bertz CT molecular complexity index is 2690. The lowest BCUT2D eigenvalue weighted by molar-refractivity contribution is 0.454. The molecule has 3 heteroatoms. The third-order valence-corrected chi connectivity index (χ3v) is 11.9. The van der Waals surface area contributed by atoms with E-state index >= 15 is 0 Å². The fraction of sp³-hybridized carbons (Fsp3) is 0.125. The predicted molar refractivity (Wildman–Crippen MR) is 210 cm³/mol. The maximum Gasteiger partial charge on any atom is 0.143 e. The van der Waals surface area contributed by atoms with Crippen molar-refractivity contribution in [3.63, 3.8) is 0 Å². The topological polar surface area (TPSA) is 37.2 Å². The van der Waals surface area contributed by atoms with E-state index in [9.17, 15) is 0 Å². The number of benzene rings is 6. The minimum atomic E-state index is -0.506. The zero-order valence-electron chi connectivity index (χ0n) is 28.5. The molecule has 0 amide bonds. The largest absolute Gasteiger partial charge is 0.455 e. The molecule has 1 aromatic heterocycles. The van der Waals surface area contributed by atoms with Crippen LogP contribution in [0.3, 0.4) is 0 Å². The standard InChI is InChI=1S/C48H36N2O/c1-47(32-13-3-2-4-14-32)28-31(29-49-47)30-23-24-43-37(25-30)39-27-33(26-38-36-17-7-12-22-45(36)51-46(38)39)48(42-20-10-11-21-44(42)50-43)40-18-8-5-15-34(40)35-16-6-9-19-41(35)48/h2-5,7-15,17-27,29,49-50H,6,16,28H2,1H3. The average molecular weight is 657 g/mol. The number of hydrogen-bond donors (Lipinski definition) is 2. The lowest BCUT2D eigenvalue weighted by Gasteiger charge is -2.36. The molecule has 3 heterocycles. The Morgan fingerprint density at radius 2 is 1.45 bits per heavy atom. The fourth-order valence-corrected chi connectivity index (χ4v) is 9.56. The van der Waals surface area contributed by atoms with Gasteiger partial charge in [-0.25, -0.2) is 0 Å². The van der Waals surface area contributed by atoms with Gasteiger partial charge in [0.05, 0.1) is 11.0 Å². The molecule has 51 heavy (non-hydrogen) atoms. The van der Waals surface area contributed by atoms with E-state index in [0.29, 0.717) is 0 Å². The third kappa shape index (κ3) is 3.95. The van der Waals surface area contributed by atoms with Gasteiger partial charge in [-0.2, -0.15) is 0 Å². The molecular formula is C48H36N2O. The second-order valence-electron chi connectivity index (χ2n) is 14.7. The number of para-hydroxylation sites is 2. The highest BCUT2D eigenvalue weighted by atomic mass is 16.3. The predicted octanol–water partition coefficient (Wildman–Crippen LogP) is 12.0. The van der Waals surface area contributed by atoms with Crippen LogP contribution in [0.5, 0.6) is 0 Å². The van der Waals surface area contributed by atoms with E-state index in [2.05, 4.69) is 169 Å². The van der Waals surface area contributed by atoms with Gasteiger partial charge in [-0.15, -0.1) is 0 Å². The first-order valence-corrected chi connectivity index (χ1v) is 18.1. The van der Waals surface area contributed by atoms with Crippen LogP contribution in [0.4, 0.5) is 11.4 Å². The first-order valence-electron chi connectivity index (χ1n) is 18.1. The first-order chi connectivity index (χ1) is 25.1. The van der Waals surface area contributed by atoms with Gasteiger partial charge >= 0.3 is 0 Å². The molecule has 244 valence electrons. The van der Waals surface area contributed by atoms with Crippen LogP contribution in [-0.4, -0.2) is 0 Å². The summed E-state index contributed by atoms with van der Waals surface area (Å²) in [4.78, 5) is 0. The molecule has 2 atom stereocenters. The lowest BCUT2D eigenvalue weighted by atomic mass is 9.65. The number of hydrogen-bond acceptors (Lipinski definition) is 3. The minimum Gasteiger partial charge on any atom is -0.455 e. The van der Waals surface area contributed by atoms with E-state index in [1.165, 1.54) is 50.1 Å². The summed E-state index contributed by atoms with van der Waals surface area (Å²) in [5.74, 6) is 0. The maximum absolute atomic E-state index is 6.84. The van der Waals surface area contributed by atoms with Gasteiger partial charge in [-0.1, -0.05) is 109 Å². The van der Waals surface area contributed by atoms with Crippen molar-refractivity contribution in [2.75, 3.05) is 5.32 Å². The van der Waals surface area contributed by atoms with Crippen molar-refractivity contribution in [3.8, 4) is 11.1 Å². The molecule has 7 aromatic rings. The molecule has 0 radical (unpaired) electrons. The van der Waals surface area contributed by atoms with Crippen molar-refractivity contribution in [2.45, 2.75) is 37.1 Å². The van der Waals surface area contributed by atoms with Crippen LogP contribution >= 0.6 is 0 Å². The molecule has 2 bridgehead atoms. The quantitative estimate of drug-likeness (QED) is 0.194. The van der Waals surface area contributed by atoms with Crippen molar-refractivity contribution < 1.29 is 4.42 Å². The van der Waals surface area contributed by atoms with Crippen molar-refractivity contribution >= 4 is 44.5 Å². The molecule has 6 aromatic carbocycles. The normalized spacial score (nSPS) is 21.2. The molecule has 4 aliphatic rings. The smallest absolute Gasteiger partial charge is 0.143 e. The highest BCUT2D eigenvalue weighted by Crippen LogP contribution is 2.60. The van der Waals surface area contributed by atoms with E-state index in [-0.39, 0.29) is 5.54 Å². The van der Waals surface area contributed by atoms with E-state index in [1.54, 1.807) is 0 Å². The summed E-state index contributed by atoms with van der Waals surface area (Å²) in [5.41, 5.74) is 17.5. The minimum absolute atomic E-state index is 0.164. The summed E-state index contributed by atoms with van der Waals surface area (Å²) < 4.78 is 6.84. The molecule has 0 saturated heterocycles. The number of nitrogens with one attached hydrogen (secondary N) is 2. The van der Waals surface area contributed by atoms with Crippen molar-refractivity contribution in [3.05, 3.63) is 191 Å². The Kier molecular flexibility index (Phi) is 5.90. The van der Waals surface area contributed by atoms with E-state index in [0.717, 1.165) is 63.7 Å². The number of rotatable bonds is 2. The Hall–Kier alpha value is -6.06. The molecular weight excluding hydrogens is 621 g/mol. The third-order valence-electron chi connectivity index (χ3n) is 11.9. The molecule has 3 nitrogen and oxygen atoms in total. The zero-order valence-corrected chi connectivity index (χ0v) is 28.5. The number of furan rings is 1. The van der Waals surface area contributed by atoms with Gasteiger partial charge in [0.1, 0.15) is 11.2 Å². The van der Waals surface area contributed by atoms with Crippen molar-refractivity contribution in [2.24, 2.45) is 0 Å². The number of fused-ring (bicyclic) bond motifs is 15. The van der Waals surface area contributed by atoms with Crippen LogP contribution in [0, 0.1) is 0 Å². The van der Waals surface area contributed by atoms with E-state index in [1.807, 2.05) is 0 Å². The van der Waals surface area contributed by atoms with Crippen LogP contribution in [0.25, 0.3) is 44.2 Å². The number of anilines is 2. The second-order valence-corrected chi connectivity index (χ2v) is 14.7. The monoisotopic (exact) mass is 656 g/mol. The summed E-state index contributed by atoms with van der Waals surface area (Å²) in [6.45, 7) is 2.30. The Labute approximate surface area is 297 Å². The molecule has 0 fully saturated rings. The van der Waals surface area contributed by atoms with Gasteiger partial charge in [-0.3, -0.25) is 0 Å². The Balaban J connectivity index is 1.22. The molecule has 1 spiro atoms. The fourth-order valence-electron chi connectivity index (χ4n) is 9.56. The van der Waals surface area contributed by atoms with Crippen LogP contribution in [0.1, 0.15) is 59.6 Å². The van der Waals surface area contributed by atoms with Crippen LogP contribution in [0.2, 0.25) is 0 Å². The van der Waals surface area contributed by atoms with Gasteiger partial charge in [0, 0.05) is 45.9 Å². The summed E-state index contributed by atoms with van der Waals surface area (Å²) in [6.07, 6.45) is 10.00. The summed E-state index contributed by atoms with van der Waals surface area (Å²) >= 11 is 0. The van der Waals surface area contributed by atoms with Gasteiger partial charge in [-0.05, 0) is 106 Å². The number of allylic oxidation sites excluding steroid dienone is 4. The van der Waals surface area contributed by atoms with Gasteiger partial charge in [0.25, 0.3) is 0 Å². The zero-order chi connectivity index (χ0) is 33.7. The highest BCUT2D eigenvalue weighted by molar-refractivity contribution is 6.12. The molecule has 2 aliphatic carbocycles. The van der Waals surface area contributed by atoms with Crippen LogP contribution < -0.4 is 10.6 Å². The maximum atomic E-state index is 6.84. The van der Waals surface area contributed by atoms with Gasteiger partial charge in [0.2, 0.25) is 0 Å². The lowest BCUT2D eigenvalue weighted by Crippen LogP contribution is -2.31. The molecule has 2 N–H and O–H groups in total. The van der Waals surface area contributed by atoms with Gasteiger partial charge < -0.3 is 15.1 Å². The van der Waals surface area contributed by atoms with Crippen LogP contribution in [0.15, 0.2) is 162 Å². The summed E-state index contributed by atoms with van der Waals surface area (Å²) in [6, 6.07) is 49.2. The average Bonchev–Trinajstić information content (AvgIpc) is 3.87. The Morgan fingerprint density at radius 1 is 0.647 bits per heavy atom. The molecule has 11 rings (SSSR count).